The van der Waals surface area contributed by atoms with E-state index in [9.17, 15) is 0 Å². The van der Waals surface area contributed by atoms with Gasteiger partial charge in [-0.2, -0.15) is 0 Å². The van der Waals surface area contributed by atoms with E-state index in [2.05, 4.69) is 58.1 Å². The van der Waals surface area contributed by atoms with Gasteiger partial charge in [-0.3, -0.25) is 0 Å². The van der Waals surface area contributed by atoms with Crippen molar-refractivity contribution in [2.45, 2.75) is 17.0 Å². The molecule has 0 saturated heterocycles. The predicted octanol–water partition coefficient (Wildman–Crippen LogP) is 5.33. The Morgan fingerprint density at radius 3 is 2.50 bits per heavy atom. The zero-order valence-corrected chi connectivity index (χ0v) is 16.0. The average Bonchev–Trinajstić information content (AvgIpc) is 2.94. The fraction of sp³-hybridized carbons (Fsp3) is 0.222. The van der Waals surface area contributed by atoms with Crippen LogP contribution in [-0.4, -0.2) is 26.3 Å². The van der Waals surface area contributed by atoms with E-state index in [4.69, 9.17) is 11.6 Å². The number of aryl methyl sites for hydroxylation is 1. The molecule has 6 heteroatoms. The van der Waals surface area contributed by atoms with E-state index in [0.717, 1.165) is 33.1 Å². The summed E-state index contributed by atoms with van der Waals surface area (Å²) >= 11 is 9.46. The minimum atomic E-state index is 0.775. The van der Waals surface area contributed by atoms with E-state index < -0.39 is 0 Å². The molecule has 0 fully saturated rings. The molecule has 0 spiro atoms. The third-order valence-electron chi connectivity index (χ3n) is 3.51. The van der Waals surface area contributed by atoms with E-state index in [1.165, 1.54) is 10.5 Å². The molecule has 3 rings (SSSR count). The summed E-state index contributed by atoms with van der Waals surface area (Å²) in [5.74, 6) is 2.90. The minimum absolute atomic E-state index is 0.775. The molecule has 24 heavy (non-hydrogen) atoms. The van der Waals surface area contributed by atoms with Crippen LogP contribution in [0, 0.1) is 6.92 Å². The zero-order chi connectivity index (χ0) is 16.9. The first-order valence-electron chi connectivity index (χ1n) is 7.61. The van der Waals surface area contributed by atoms with Crippen LogP contribution in [-0.2, 0) is 7.05 Å². The maximum Gasteiger partial charge on any atom is 0.191 e. The fourth-order valence-electron chi connectivity index (χ4n) is 2.30. The quantitative estimate of drug-likeness (QED) is 0.430. The molecule has 0 saturated carbocycles. The van der Waals surface area contributed by atoms with Crippen molar-refractivity contribution in [3.63, 3.8) is 0 Å². The van der Waals surface area contributed by atoms with E-state index in [0.29, 0.717) is 0 Å². The molecule has 0 N–H and O–H groups in total. The van der Waals surface area contributed by atoms with E-state index >= 15 is 0 Å². The summed E-state index contributed by atoms with van der Waals surface area (Å²) in [6.45, 7) is 2.09. The summed E-state index contributed by atoms with van der Waals surface area (Å²) in [6.07, 6.45) is 0. The van der Waals surface area contributed by atoms with Crippen molar-refractivity contribution in [3.8, 4) is 11.4 Å². The minimum Gasteiger partial charge on any atom is -0.305 e. The Hall–Kier alpha value is -1.43. The first kappa shape index (κ1) is 17.4. The molecule has 3 nitrogen and oxygen atoms in total. The number of hydrogen-bond donors (Lipinski definition) is 0. The Morgan fingerprint density at radius 1 is 1.00 bits per heavy atom. The lowest BCUT2D eigenvalue weighted by atomic mass is 10.1. The molecule has 3 aromatic rings. The fourth-order valence-corrected chi connectivity index (χ4v) is 4.22. The number of hydrogen-bond acceptors (Lipinski definition) is 4. The second kappa shape index (κ2) is 8.10. The Morgan fingerprint density at radius 2 is 1.75 bits per heavy atom. The highest BCUT2D eigenvalue weighted by Gasteiger charge is 2.11. The average molecular weight is 376 g/mol. The van der Waals surface area contributed by atoms with E-state index in [-0.39, 0.29) is 0 Å². The Kier molecular flexibility index (Phi) is 5.87. The van der Waals surface area contributed by atoms with Crippen LogP contribution in [0.3, 0.4) is 0 Å². The normalized spacial score (nSPS) is 11.0. The molecule has 0 aliphatic rings. The first-order valence-corrected chi connectivity index (χ1v) is 9.96. The second-order valence-electron chi connectivity index (χ2n) is 5.39. The Labute approximate surface area is 155 Å². The number of benzene rings is 2. The van der Waals surface area contributed by atoms with Gasteiger partial charge in [0.1, 0.15) is 0 Å². The highest BCUT2D eigenvalue weighted by molar-refractivity contribution is 8.02. The van der Waals surface area contributed by atoms with Gasteiger partial charge in [0.05, 0.1) is 0 Å². The predicted molar refractivity (Wildman–Crippen MR) is 104 cm³/mol. The summed E-state index contributed by atoms with van der Waals surface area (Å²) < 4.78 is 2.06. The molecule has 0 radical (unpaired) electrons. The SMILES string of the molecule is Cc1cccc(-c2nnc(SCCSc3ccc(Cl)cc3)n2C)c1. The third kappa shape index (κ3) is 4.35. The standard InChI is InChI=1S/C18H18ClN3S2/c1-13-4-3-5-14(12-13)17-20-21-18(22(17)2)24-11-10-23-16-8-6-15(19)7-9-16/h3-9,12H,10-11H2,1-2H3. The van der Waals surface area contributed by atoms with Crippen molar-refractivity contribution in [1.29, 1.82) is 0 Å². The summed E-state index contributed by atoms with van der Waals surface area (Å²) in [7, 11) is 2.02. The molecule has 0 unspecified atom stereocenters. The van der Waals surface area contributed by atoms with Crippen LogP contribution in [0.2, 0.25) is 5.02 Å². The third-order valence-corrected chi connectivity index (χ3v) is 6.05. The molecular formula is C18H18ClN3S2. The number of rotatable bonds is 6. The van der Waals surface area contributed by atoms with Gasteiger partial charge in [0.25, 0.3) is 0 Å². The molecule has 124 valence electrons. The van der Waals surface area contributed by atoms with Crippen LogP contribution in [0.4, 0.5) is 0 Å². The lowest BCUT2D eigenvalue weighted by Crippen LogP contribution is -1.96. The lowest BCUT2D eigenvalue weighted by Gasteiger charge is -2.05. The summed E-state index contributed by atoms with van der Waals surface area (Å²) in [4.78, 5) is 1.23. The van der Waals surface area contributed by atoms with Gasteiger partial charge in [-0.05, 0) is 37.3 Å². The lowest BCUT2D eigenvalue weighted by molar-refractivity contribution is 0.794. The van der Waals surface area contributed by atoms with Gasteiger partial charge in [-0.15, -0.1) is 22.0 Å². The van der Waals surface area contributed by atoms with Crippen LogP contribution < -0.4 is 0 Å². The van der Waals surface area contributed by atoms with Crippen LogP contribution in [0.15, 0.2) is 58.6 Å². The van der Waals surface area contributed by atoms with Gasteiger partial charge in [-0.25, -0.2) is 0 Å². The molecule has 0 atom stereocenters. The van der Waals surface area contributed by atoms with Gasteiger partial charge in [-0.1, -0.05) is 47.1 Å². The number of nitrogens with zero attached hydrogens (tertiary/aromatic N) is 3. The van der Waals surface area contributed by atoms with E-state index in [1.54, 1.807) is 11.8 Å². The van der Waals surface area contributed by atoms with Crippen molar-refractivity contribution >= 4 is 35.1 Å². The molecule has 0 aliphatic heterocycles. The van der Waals surface area contributed by atoms with Gasteiger partial charge < -0.3 is 4.57 Å². The van der Waals surface area contributed by atoms with Gasteiger partial charge in [0.15, 0.2) is 11.0 Å². The second-order valence-corrected chi connectivity index (χ2v) is 8.05. The molecular weight excluding hydrogens is 358 g/mol. The molecule has 2 aromatic carbocycles. The molecule has 0 amide bonds. The summed E-state index contributed by atoms with van der Waals surface area (Å²) in [5, 5.41) is 10.4. The summed E-state index contributed by atoms with van der Waals surface area (Å²) in [6, 6.07) is 16.3. The van der Waals surface area contributed by atoms with Gasteiger partial charge >= 0.3 is 0 Å². The van der Waals surface area contributed by atoms with Gasteiger partial charge in [0, 0.05) is 34.0 Å². The van der Waals surface area contributed by atoms with Crippen LogP contribution >= 0.6 is 35.1 Å². The molecule has 1 aromatic heterocycles. The van der Waals surface area contributed by atoms with Crippen molar-refractivity contribution in [2.75, 3.05) is 11.5 Å². The van der Waals surface area contributed by atoms with Crippen molar-refractivity contribution in [1.82, 2.24) is 14.8 Å². The smallest absolute Gasteiger partial charge is 0.191 e. The van der Waals surface area contributed by atoms with Crippen molar-refractivity contribution < 1.29 is 0 Å². The van der Waals surface area contributed by atoms with E-state index in [1.807, 2.05) is 30.9 Å². The van der Waals surface area contributed by atoms with Gasteiger partial charge in [0.2, 0.25) is 0 Å². The topological polar surface area (TPSA) is 30.7 Å². The maximum atomic E-state index is 5.90. The zero-order valence-electron chi connectivity index (χ0n) is 13.6. The van der Waals surface area contributed by atoms with Crippen LogP contribution in [0.1, 0.15) is 5.56 Å². The highest BCUT2D eigenvalue weighted by Crippen LogP contribution is 2.26. The summed E-state index contributed by atoms with van der Waals surface area (Å²) in [5.41, 5.74) is 2.33. The van der Waals surface area contributed by atoms with Crippen LogP contribution in [0.5, 0.6) is 0 Å². The van der Waals surface area contributed by atoms with Crippen LogP contribution in [0.25, 0.3) is 11.4 Å². The van der Waals surface area contributed by atoms with Crippen molar-refractivity contribution in [2.24, 2.45) is 7.05 Å². The molecule has 0 bridgehead atoms. The Bertz CT molecular complexity index is 815. The number of aromatic nitrogens is 3. The number of thioether (sulfide) groups is 2. The Balaban J connectivity index is 1.57. The molecule has 0 aliphatic carbocycles. The molecule has 1 heterocycles. The monoisotopic (exact) mass is 375 g/mol. The highest BCUT2D eigenvalue weighted by atomic mass is 35.5. The number of halogens is 1. The largest absolute Gasteiger partial charge is 0.305 e. The maximum absolute atomic E-state index is 5.90. The van der Waals surface area contributed by atoms with Crippen molar-refractivity contribution in [3.05, 3.63) is 59.1 Å². The first-order chi connectivity index (χ1) is 11.6.